The van der Waals surface area contributed by atoms with Gasteiger partial charge in [-0.25, -0.2) is 4.98 Å². The Kier molecular flexibility index (Phi) is 5.63. The van der Waals surface area contributed by atoms with Crippen molar-refractivity contribution in [3.63, 3.8) is 0 Å². The van der Waals surface area contributed by atoms with Crippen molar-refractivity contribution >= 4 is 11.9 Å². The molecule has 1 amide bonds. The van der Waals surface area contributed by atoms with Crippen LogP contribution in [0, 0.1) is 0 Å². The molecule has 0 fully saturated rings. The summed E-state index contributed by atoms with van der Waals surface area (Å²) in [6.45, 7) is 0.378. The summed E-state index contributed by atoms with van der Waals surface area (Å²) in [5.74, 6) is -0.527. The maximum absolute atomic E-state index is 11.4. The summed E-state index contributed by atoms with van der Waals surface area (Å²) >= 11 is 0. The van der Waals surface area contributed by atoms with E-state index in [9.17, 15) is 9.59 Å². The Labute approximate surface area is 105 Å². The summed E-state index contributed by atoms with van der Waals surface area (Å²) in [6, 6.07) is 3.52. The van der Waals surface area contributed by atoms with Gasteiger partial charge in [0.25, 0.3) is 0 Å². The Balaban J connectivity index is 2.26. The molecule has 0 aliphatic rings. The minimum absolute atomic E-state index is 0.0114. The van der Waals surface area contributed by atoms with Gasteiger partial charge in [0.2, 0.25) is 11.8 Å². The molecule has 0 atom stereocenters. The zero-order valence-corrected chi connectivity index (χ0v) is 10.2. The van der Waals surface area contributed by atoms with Gasteiger partial charge in [-0.05, 0) is 12.0 Å². The largest absolute Gasteiger partial charge is 0.481 e. The molecule has 1 aromatic heterocycles. The molecule has 0 aromatic carbocycles. The highest BCUT2D eigenvalue weighted by Gasteiger charge is 2.04. The lowest BCUT2D eigenvalue weighted by atomic mass is 10.2. The van der Waals surface area contributed by atoms with Crippen LogP contribution in [0.5, 0.6) is 5.88 Å². The molecule has 0 aliphatic carbocycles. The second-order valence-electron chi connectivity index (χ2n) is 3.73. The molecular formula is C12H16N2O4. The van der Waals surface area contributed by atoms with E-state index < -0.39 is 5.97 Å². The van der Waals surface area contributed by atoms with Crippen LogP contribution in [0.2, 0.25) is 0 Å². The number of nitrogens with one attached hydrogen (secondary N) is 1. The summed E-state index contributed by atoms with van der Waals surface area (Å²) in [7, 11) is 1.53. The Bertz CT molecular complexity index is 403. The van der Waals surface area contributed by atoms with Crippen LogP contribution in [-0.4, -0.2) is 29.1 Å². The van der Waals surface area contributed by atoms with Gasteiger partial charge < -0.3 is 15.2 Å². The summed E-state index contributed by atoms with van der Waals surface area (Å²) < 4.78 is 4.92. The fourth-order valence-electron chi connectivity index (χ4n) is 1.33. The number of methoxy groups -OCH3 is 1. The first-order valence-corrected chi connectivity index (χ1v) is 5.59. The molecule has 0 unspecified atom stereocenters. The lowest BCUT2D eigenvalue weighted by Crippen LogP contribution is -2.22. The minimum Gasteiger partial charge on any atom is -0.481 e. The number of carbonyl (C=O) groups excluding carboxylic acids is 1. The molecule has 0 aliphatic heterocycles. The minimum atomic E-state index is -0.887. The Morgan fingerprint density at radius 2 is 2.17 bits per heavy atom. The van der Waals surface area contributed by atoms with Gasteiger partial charge in [0.15, 0.2) is 0 Å². The van der Waals surface area contributed by atoms with Gasteiger partial charge in [-0.15, -0.1) is 0 Å². The Hall–Kier alpha value is -2.11. The number of aromatic nitrogens is 1. The molecule has 1 rings (SSSR count). The van der Waals surface area contributed by atoms with Crippen LogP contribution in [0.1, 0.15) is 24.8 Å². The highest BCUT2D eigenvalue weighted by atomic mass is 16.5. The van der Waals surface area contributed by atoms with E-state index in [0.29, 0.717) is 18.8 Å². The molecule has 0 spiro atoms. The first kappa shape index (κ1) is 14.0. The molecule has 6 heteroatoms. The zero-order chi connectivity index (χ0) is 13.4. The highest BCUT2D eigenvalue weighted by molar-refractivity contribution is 5.76. The predicted molar refractivity (Wildman–Crippen MR) is 64.1 cm³/mol. The Morgan fingerprint density at radius 1 is 1.39 bits per heavy atom. The summed E-state index contributed by atoms with van der Waals surface area (Å²) in [5.41, 5.74) is 0.863. The van der Waals surface area contributed by atoms with E-state index in [0.717, 1.165) is 5.56 Å². The average Bonchev–Trinajstić information content (AvgIpc) is 2.36. The molecule has 0 saturated carbocycles. The number of aliphatic carboxylic acids is 1. The van der Waals surface area contributed by atoms with Gasteiger partial charge in [0, 0.05) is 31.6 Å². The first-order chi connectivity index (χ1) is 8.61. The molecule has 0 radical (unpaired) electrons. The van der Waals surface area contributed by atoms with Crippen LogP contribution < -0.4 is 10.1 Å². The predicted octanol–water partition coefficient (Wildman–Crippen LogP) is 0.961. The van der Waals surface area contributed by atoms with E-state index in [2.05, 4.69) is 10.3 Å². The number of hydrogen-bond donors (Lipinski definition) is 2. The number of carbonyl (C=O) groups is 2. The second kappa shape index (κ2) is 7.26. The second-order valence-corrected chi connectivity index (χ2v) is 3.73. The topological polar surface area (TPSA) is 88.5 Å². The SMILES string of the molecule is COc1ccc(CNC(=O)CCCC(=O)O)cn1. The van der Waals surface area contributed by atoms with Crippen LogP contribution in [-0.2, 0) is 16.1 Å². The molecule has 6 nitrogen and oxygen atoms in total. The van der Waals surface area contributed by atoms with Crippen molar-refractivity contribution in [3.05, 3.63) is 23.9 Å². The number of ether oxygens (including phenoxy) is 1. The third kappa shape index (κ3) is 5.29. The molecule has 18 heavy (non-hydrogen) atoms. The van der Waals surface area contributed by atoms with E-state index in [-0.39, 0.29) is 18.7 Å². The van der Waals surface area contributed by atoms with Crippen molar-refractivity contribution in [1.29, 1.82) is 0 Å². The molecule has 0 saturated heterocycles. The molecule has 98 valence electrons. The van der Waals surface area contributed by atoms with Crippen LogP contribution in [0.4, 0.5) is 0 Å². The number of nitrogens with zero attached hydrogens (tertiary/aromatic N) is 1. The van der Waals surface area contributed by atoms with Gasteiger partial charge in [-0.3, -0.25) is 9.59 Å². The van der Waals surface area contributed by atoms with Crippen molar-refractivity contribution in [1.82, 2.24) is 10.3 Å². The first-order valence-electron chi connectivity index (χ1n) is 5.59. The average molecular weight is 252 g/mol. The van der Waals surface area contributed by atoms with E-state index in [1.807, 2.05) is 6.07 Å². The summed E-state index contributed by atoms with van der Waals surface area (Å²) in [5, 5.41) is 11.1. The van der Waals surface area contributed by atoms with Gasteiger partial charge in [-0.2, -0.15) is 0 Å². The zero-order valence-electron chi connectivity index (χ0n) is 10.2. The van der Waals surface area contributed by atoms with Gasteiger partial charge in [0.05, 0.1) is 7.11 Å². The van der Waals surface area contributed by atoms with Crippen molar-refractivity contribution in [3.8, 4) is 5.88 Å². The van der Waals surface area contributed by atoms with Crippen LogP contribution in [0.15, 0.2) is 18.3 Å². The number of hydrogen-bond acceptors (Lipinski definition) is 4. The number of pyridine rings is 1. The van der Waals surface area contributed by atoms with Crippen LogP contribution >= 0.6 is 0 Å². The third-order valence-corrected chi connectivity index (χ3v) is 2.29. The van der Waals surface area contributed by atoms with Gasteiger partial charge in [0.1, 0.15) is 0 Å². The van der Waals surface area contributed by atoms with Gasteiger partial charge in [-0.1, -0.05) is 6.07 Å². The smallest absolute Gasteiger partial charge is 0.303 e. The maximum atomic E-state index is 11.4. The molecule has 1 aromatic rings. The van der Waals surface area contributed by atoms with Gasteiger partial charge >= 0.3 is 5.97 Å². The lowest BCUT2D eigenvalue weighted by molar-refractivity contribution is -0.137. The van der Waals surface area contributed by atoms with E-state index in [1.165, 1.54) is 7.11 Å². The van der Waals surface area contributed by atoms with E-state index in [1.54, 1.807) is 12.3 Å². The summed E-state index contributed by atoms with van der Waals surface area (Å²) in [6.07, 6.45) is 2.20. The maximum Gasteiger partial charge on any atom is 0.303 e. The molecular weight excluding hydrogens is 236 g/mol. The fourth-order valence-corrected chi connectivity index (χ4v) is 1.33. The third-order valence-electron chi connectivity index (χ3n) is 2.29. The number of carboxylic acids is 1. The quantitative estimate of drug-likeness (QED) is 0.754. The number of rotatable bonds is 7. The molecule has 1 heterocycles. The number of amides is 1. The highest BCUT2D eigenvalue weighted by Crippen LogP contribution is 2.06. The van der Waals surface area contributed by atoms with Crippen LogP contribution in [0.25, 0.3) is 0 Å². The standard InChI is InChI=1S/C12H16N2O4/c1-18-11-6-5-9(8-14-11)7-13-10(15)3-2-4-12(16)17/h5-6,8H,2-4,7H2,1H3,(H,13,15)(H,16,17). The van der Waals surface area contributed by atoms with Crippen molar-refractivity contribution in [2.75, 3.05) is 7.11 Å². The summed E-state index contributed by atoms with van der Waals surface area (Å²) in [4.78, 5) is 25.6. The monoisotopic (exact) mass is 252 g/mol. The van der Waals surface area contributed by atoms with Crippen molar-refractivity contribution in [2.24, 2.45) is 0 Å². The molecule has 2 N–H and O–H groups in total. The van der Waals surface area contributed by atoms with Crippen molar-refractivity contribution in [2.45, 2.75) is 25.8 Å². The van der Waals surface area contributed by atoms with Crippen LogP contribution in [0.3, 0.4) is 0 Å². The number of carboxylic acid groups (broad SMARTS) is 1. The van der Waals surface area contributed by atoms with E-state index >= 15 is 0 Å². The Morgan fingerprint density at radius 3 is 2.72 bits per heavy atom. The normalized spacial score (nSPS) is 9.83. The molecule has 0 bridgehead atoms. The van der Waals surface area contributed by atoms with E-state index in [4.69, 9.17) is 9.84 Å². The van der Waals surface area contributed by atoms with Crippen molar-refractivity contribution < 1.29 is 19.4 Å². The fraction of sp³-hybridized carbons (Fsp3) is 0.417. The lowest BCUT2D eigenvalue weighted by Gasteiger charge is -2.05.